The monoisotopic (exact) mass is 136 g/mol. The lowest BCUT2D eigenvalue weighted by atomic mass is 9.99. The highest BCUT2D eigenvalue weighted by molar-refractivity contribution is 5.26. The summed E-state index contributed by atoms with van der Waals surface area (Å²) in [6, 6.07) is 0. The summed E-state index contributed by atoms with van der Waals surface area (Å²) < 4.78 is 0. The zero-order valence-electron chi connectivity index (χ0n) is 6.44. The Labute approximate surface area is 62.5 Å². The summed E-state index contributed by atoms with van der Waals surface area (Å²) in [5.41, 5.74) is -0.869. The van der Waals surface area contributed by atoms with Crippen LogP contribution in [0.15, 0.2) is 0 Å². The van der Waals surface area contributed by atoms with Gasteiger partial charge >= 0.3 is 0 Å². The van der Waals surface area contributed by atoms with Crippen molar-refractivity contribution < 1.29 is 5.11 Å². The maximum absolute atomic E-state index is 9.49. The van der Waals surface area contributed by atoms with Gasteiger partial charge in [0.25, 0.3) is 0 Å². The van der Waals surface area contributed by atoms with Crippen molar-refractivity contribution in [3.05, 3.63) is 0 Å². The second kappa shape index (κ2) is 3.99. The lowest BCUT2D eigenvalue weighted by Gasteiger charge is -2.16. The van der Waals surface area contributed by atoms with Crippen LogP contribution in [0.2, 0.25) is 0 Å². The highest BCUT2D eigenvalue weighted by Gasteiger charge is 2.17. The van der Waals surface area contributed by atoms with Crippen molar-refractivity contribution in [1.29, 1.82) is 0 Å². The standard InChI is InChI=1S/C9H12O/c1-4-7-8-9(10,5-2)6-3/h1,10H,5-6H2,2-3H3. The lowest BCUT2D eigenvalue weighted by molar-refractivity contribution is 0.0931. The maximum atomic E-state index is 9.49. The Morgan fingerprint density at radius 1 is 1.40 bits per heavy atom. The molecule has 0 saturated carbocycles. The van der Waals surface area contributed by atoms with Gasteiger partial charge in [0.15, 0.2) is 0 Å². The molecule has 0 atom stereocenters. The molecule has 0 aromatic rings. The smallest absolute Gasteiger partial charge is 0.126 e. The number of hydrogen-bond donors (Lipinski definition) is 1. The maximum Gasteiger partial charge on any atom is 0.126 e. The summed E-state index contributed by atoms with van der Waals surface area (Å²) >= 11 is 0. The molecule has 0 aliphatic rings. The van der Waals surface area contributed by atoms with Gasteiger partial charge in [0.2, 0.25) is 0 Å². The summed E-state index contributed by atoms with van der Waals surface area (Å²) in [6.45, 7) is 3.77. The zero-order chi connectivity index (χ0) is 8.04. The average molecular weight is 136 g/mol. The summed E-state index contributed by atoms with van der Waals surface area (Å²) in [5, 5.41) is 9.49. The van der Waals surface area contributed by atoms with Gasteiger partial charge in [-0.25, -0.2) is 0 Å². The molecule has 0 heterocycles. The first kappa shape index (κ1) is 9.08. The minimum atomic E-state index is -0.869. The van der Waals surface area contributed by atoms with Crippen molar-refractivity contribution >= 4 is 0 Å². The second-order valence-electron chi connectivity index (χ2n) is 2.13. The SMILES string of the molecule is C#CC#CC(O)(CC)CC. The Balaban J connectivity index is 4.23. The van der Waals surface area contributed by atoms with E-state index in [2.05, 4.69) is 17.8 Å². The summed E-state index contributed by atoms with van der Waals surface area (Å²) in [5.74, 6) is 7.20. The van der Waals surface area contributed by atoms with E-state index in [-0.39, 0.29) is 0 Å². The summed E-state index contributed by atoms with van der Waals surface area (Å²) in [4.78, 5) is 0. The molecule has 1 heteroatoms. The molecule has 0 amide bonds. The van der Waals surface area contributed by atoms with E-state index in [9.17, 15) is 5.11 Å². The third-order valence-electron chi connectivity index (χ3n) is 1.54. The molecule has 0 unspecified atom stereocenters. The second-order valence-corrected chi connectivity index (χ2v) is 2.13. The Hall–Kier alpha value is -0.920. The van der Waals surface area contributed by atoms with Crippen LogP contribution < -0.4 is 0 Å². The van der Waals surface area contributed by atoms with E-state index >= 15 is 0 Å². The molecule has 0 bridgehead atoms. The van der Waals surface area contributed by atoms with Crippen molar-refractivity contribution in [2.24, 2.45) is 0 Å². The van der Waals surface area contributed by atoms with Crippen LogP contribution in [0.5, 0.6) is 0 Å². The quantitative estimate of drug-likeness (QED) is 0.565. The number of aliphatic hydroxyl groups is 1. The molecule has 0 rings (SSSR count). The Bertz CT molecular complexity index is 183. The van der Waals surface area contributed by atoms with Gasteiger partial charge in [0.1, 0.15) is 5.60 Å². The molecule has 0 fully saturated rings. The fourth-order valence-electron chi connectivity index (χ4n) is 0.579. The molecule has 54 valence electrons. The first-order valence-electron chi connectivity index (χ1n) is 3.38. The van der Waals surface area contributed by atoms with Crippen molar-refractivity contribution in [2.75, 3.05) is 0 Å². The van der Waals surface area contributed by atoms with Crippen molar-refractivity contribution in [3.8, 4) is 24.2 Å². The van der Waals surface area contributed by atoms with Crippen LogP contribution in [-0.2, 0) is 0 Å². The minimum Gasteiger partial charge on any atom is -0.378 e. The average Bonchev–Trinajstić information content (AvgIpc) is 2.00. The highest BCUT2D eigenvalue weighted by atomic mass is 16.3. The predicted octanol–water partition coefficient (Wildman–Crippen LogP) is 1.17. The van der Waals surface area contributed by atoms with E-state index in [0.29, 0.717) is 12.8 Å². The first-order valence-corrected chi connectivity index (χ1v) is 3.38. The molecule has 0 aromatic heterocycles. The molecule has 0 saturated heterocycles. The van der Waals surface area contributed by atoms with Gasteiger partial charge in [0.05, 0.1) is 0 Å². The van der Waals surface area contributed by atoms with E-state index in [1.807, 2.05) is 13.8 Å². The van der Waals surface area contributed by atoms with Crippen LogP contribution in [0.4, 0.5) is 0 Å². The van der Waals surface area contributed by atoms with Crippen molar-refractivity contribution in [3.63, 3.8) is 0 Å². The summed E-state index contributed by atoms with van der Waals surface area (Å²) in [7, 11) is 0. The third-order valence-corrected chi connectivity index (χ3v) is 1.54. The largest absolute Gasteiger partial charge is 0.378 e. The van der Waals surface area contributed by atoms with Gasteiger partial charge in [-0.1, -0.05) is 19.8 Å². The molecular formula is C9H12O. The topological polar surface area (TPSA) is 20.2 Å². The van der Waals surface area contributed by atoms with Crippen molar-refractivity contribution in [1.82, 2.24) is 0 Å². The van der Waals surface area contributed by atoms with Crippen LogP contribution in [0.1, 0.15) is 26.7 Å². The lowest BCUT2D eigenvalue weighted by Crippen LogP contribution is -2.23. The fraction of sp³-hybridized carbons (Fsp3) is 0.556. The highest BCUT2D eigenvalue weighted by Crippen LogP contribution is 2.11. The van der Waals surface area contributed by atoms with Crippen molar-refractivity contribution in [2.45, 2.75) is 32.3 Å². The van der Waals surface area contributed by atoms with Crippen LogP contribution in [-0.4, -0.2) is 10.7 Å². The molecule has 0 aliphatic carbocycles. The van der Waals surface area contributed by atoms with Crippen LogP contribution >= 0.6 is 0 Å². The van der Waals surface area contributed by atoms with E-state index in [1.165, 1.54) is 0 Å². The molecule has 0 spiro atoms. The molecule has 0 radical (unpaired) electrons. The van der Waals surface area contributed by atoms with Crippen LogP contribution in [0.3, 0.4) is 0 Å². The molecular weight excluding hydrogens is 124 g/mol. The first-order chi connectivity index (χ1) is 4.68. The predicted molar refractivity (Wildman–Crippen MR) is 42.1 cm³/mol. The normalized spacial score (nSPS) is 9.40. The molecule has 10 heavy (non-hydrogen) atoms. The van der Waals surface area contributed by atoms with E-state index in [4.69, 9.17) is 6.42 Å². The van der Waals surface area contributed by atoms with Gasteiger partial charge < -0.3 is 5.11 Å². The molecule has 1 N–H and O–H groups in total. The van der Waals surface area contributed by atoms with Gasteiger partial charge in [-0.15, -0.1) is 6.42 Å². The van der Waals surface area contributed by atoms with Gasteiger partial charge in [-0.05, 0) is 24.7 Å². The fourth-order valence-corrected chi connectivity index (χ4v) is 0.579. The summed E-state index contributed by atoms with van der Waals surface area (Å²) in [6.07, 6.45) is 6.16. The zero-order valence-corrected chi connectivity index (χ0v) is 6.44. The Morgan fingerprint density at radius 3 is 2.20 bits per heavy atom. The Kier molecular flexibility index (Phi) is 3.62. The van der Waals surface area contributed by atoms with Gasteiger partial charge in [-0.3, -0.25) is 0 Å². The third kappa shape index (κ3) is 2.58. The number of terminal acetylenes is 1. The Morgan fingerprint density at radius 2 is 1.90 bits per heavy atom. The molecule has 0 aliphatic heterocycles. The van der Waals surface area contributed by atoms with E-state index in [1.54, 1.807) is 0 Å². The molecule has 0 aromatic carbocycles. The van der Waals surface area contributed by atoms with Gasteiger partial charge in [0, 0.05) is 0 Å². The van der Waals surface area contributed by atoms with Crippen LogP contribution in [0.25, 0.3) is 0 Å². The molecule has 1 nitrogen and oxygen atoms in total. The van der Waals surface area contributed by atoms with Crippen LogP contribution in [0, 0.1) is 24.2 Å². The van der Waals surface area contributed by atoms with E-state index < -0.39 is 5.60 Å². The number of hydrogen-bond acceptors (Lipinski definition) is 1. The van der Waals surface area contributed by atoms with Gasteiger partial charge in [-0.2, -0.15) is 0 Å². The minimum absolute atomic E-state index is 0.623. The van der Waals surface area contributed by atoms with E-state index in [0.717, 1.165) is 0 Å². The number of rotatable bonds is 2.